The number of hydrogen-bond acceptors (Lipinski definition) is 4. The lowest BCUT2D eigenvalue weighted by molar-refractivity contribution is -0.386. The van der Waals surface area contributed by atoms with E-state index in [1.165, 1.54) is 47.1 Å². The van der Waals surface area contributed by atoms with Gasteiger partial charge in [0.1, 0.15) is 35.1 Å². The van der Waals surface area contributed by atoms with Gasteiger partial charge in [-0.25, -0.2) is 8.78 Å². The third kappa shape index (κ3) is 5.32. The molecule has 0 radical (unpaired) electrons. The molecule has 12 heteroatoms. The molecule has 204 valence electrons. The predicted molar refractivity (Wildman–Crippen MR) is 138 cm³/mol. The zero-order valence-electron chi connectivity index (χ0n) is 20.3. The first-order valence-electron chi connectivity index (χ1n) is 11.7. The molecule has 0 aliphatic heterocycles. The largest absolute Gasteiger partial charge is 0.489 e. The summed E-state index contributed by atoms with van der Waals surface area (Å²) in [7, 11) is 0. The molecule has 4 aromatic carbocycles. The third-order valence-corrected chi connectivity index (χ3v) is 6.43. The summed E-state index contributed by atoms with van der Waals surface area (Å²) in [6.45, 7) is -0.683. The Kier molecular flexibility index (Phi) is 7.16. The second kappa shape index (κ2) is 10.6. The second-order valence-electron chi connectivity index (χ2n) is 8.75. The van der Waals surface area contributed by atoms with Crippen LogP contribution in [0.3, 0.4) is 0 Å². The molecule has 0 fully saturated rings. The lowest BCUT2D eigenvalue weighted by Crippen LogP contribution is -2.07. The lowest BCUT2D eigenvalue weighted by atomic mass is 10.0. The number of fused-ring (bicyclic) bond motifs is 1. The van der Waals surface area contributed by atoms with Crippen LogP contribution in [0, 0.1) is 21.7 Å². The van der Waals surface area contributed by atoms with Crippen LogP contribution in [0.2, 0.25) is 5.02 Å². The normalized spacial score (nSPS) is 11.7. The number of benzene rings is 4. The van der Waals surface area contributed by atoms with Gasteiger partial charge in [0.15, 0.2) is 0 Å². The van der Waals surface area contributed by atoms with Crippen molar-refractivity contribution in [3.63, 3.8) is 0 Å². The van der Waals surface area contributed by atoms with Gasteiger partial charge in [-0.1, -0.05) is 48.0 Å². The summed E-state index contributed by atoms with van der Waals surface area (Å²) in [4.78, 5) is 10.6. The van der Waals surface area contributed by atoms with Gasteiger partial charge in [0, 0.05) is 27.6 Å². The molecule has 5 rings (SSSR count). The zero-order chi connectivity index (χ0) is 28.6. The summed E-state index contributed by atoms with van der Waals surface area (Å²) in [6, 6.07) is 17.2. The molecule has 1 aromatic heterocycles. The molecular formula is C28H17ClF5N3O3. The molecule has 5 aromatic rings. The van der Waals surface area contributed by atoms with Gasteiger partial charge in [-0.05, 0) is 36.4 Å². The maximum atomic E-state index is 14.6. The molecule has 0 saturated heterocycles. The van der Waals surface area contributed by atoms with Crippen molar-refractivity contribution in [2.75, 3.05) is 0 Å². The first-order valence-corrected chi connectivity index (χ1v) is 12.1. The van der Waals surface area contributed by atoms with Crippen molar-refractivity contribution >= 4 is 28.2 Å². The number of alkyl halides is 3. The Morgan fingerprint density at radius 2 is 1.70 bits per heavy atom. The van der Waals surface area contributed by atoms with Gasteiger partial charge in [-0.3, -0.25) is 14.8 Å². The predicted octanol–water partition coefficient (Wildman–Crippen LogP) is 8.19. The maximum Gasteiger partial charge on any atom is 0.418 e. The first-order chi connectivity index (χ1) is 19.0. The van der Waals surface area contributed by atoms with Gasteiger partial charge in [-0.15, -0.1) is 0 Å². The molecule has 0 amide bonds. The van der Waals surface area contributed by atoms with E-state index in [0.717, 1.165) is 24.3 Å². The highest BCUT2D eigenvalue weighted by Crippen LogP contribution is 2.39. The standard InChI is InChI=1S/C28H17ClF5N3O3/c29-18-11-10-17(24(31)13-18)14-36-27(20-6-2-7-22(26(20)35-36)28(32,33)34)16-4-1-5-19(12-16)40-15-21-23(30)8-3-9-25(21)37(38)39/h1-13H,14-15H2. The number of nitro groups is 1. The van der Waals surface area contributed by atoms with Gasteiger partial charge >= 0.3 is 6.18 Å². The van der Waals surface area contributed by atoms with Crippen LogP contribution in [0.1, 0.15) is 16.7 Å². The molecule has 1 heterocycles. The molecule has 0 aliphatic rings. The average molecular weight is 574 g/mol. The van der Waals surface area contributed by atoms with Gasteiger partial charge in [0.05, 0.1) is 22.7 Å². The monoisotopic (exact) mass is 573 g/mol. The number of nitrogens with zero attached hydrogens (tertiary/aromatic N) is 3. The summed E-state index contributed by atoms with van der Waals surface area (Å²) < 4.78 is 77.3. The van der Waals surface area contributed by atoms with E-state index in [-0.39, 0.29) is 45.0 Å². The van der Waals surface area contributed by atoms with Crippen LogP contribution in [0.5, 0.6) is 5.75 Å². The number of nitro benzene ring substituents is 1. The van der Waals surface area contributed by atoms with Crippen molar-refractivity contribution in [1.82, 2.24) is 9.78 Å². The molecule has 6 nitrogen and oxygen atoms in total. The fourth-order valence-electron chi connectivity index (χ4n) is 4.36. The Labute approximate surface area is 228 Å². The van der Waals surface area contributed by atoms with Crippen LogP contribution in [-0.2, 0) is 19.3 Å². The molecule has 0 N–H and O–H groups in total. The highest BCUT2D eigenvalue weighted by atomic mass is 35.5. The van der Waals surface area contributed by atoms with Gasteiger partial charge in [0.25, 0.3) is 5.69 Å². The van der Waals surface area contributed by atoms with E-state index >= 15 is 0 Å². The van der Waals surface area contributed by atoms with Gasteiger partial charge < -0.3 is 4.74 Å². The van der Waals surface area contributed by atoms with Crippen LogP contribution in [-0.4, -0.2) is 14.7 Å². The number of aromatic nitrogens is 2. The minimum absolute atomic E-state index is 0.145. The number of hydrogen-bond donors (Lipinski definition) is 0. The summed E-state index contributed by atoms with van der Waals surface area (Å²) in [5.74, 6) is -1.31. The SMILES string of the molecule is O=[N+]([O-])c1cccc(F)c1COc1cccc(-c2c3cccc(C(F)(F)F)c3nn2Cc2ccc(Cl)cc2F)c1. The van der Waals surface area contributed by atoms with E-state index < -0.39 is 40.6 Å². The fourth-order valence-corrected chi connectivity index (χ4v) is 4.52. The van der Waals surface area contributed by atoms with Gasteiger partial charge in [-0.2, -0.15) is 18.3 Å². The molecule has 0 aliphatic carbocycles. The molecule has 0 unspecified atom stereocenters. The second-order valence-corrected chi connectivity index (χ2v) is 9.19. The summed E-state index contributed by atoms with van der Waals surface area (Å²) in [6.07, 6.45) is -4.69. The topological polar surface area (TPSA) is 70.2 Å². The summed E-state index contributed by atoms with van der Waals surface area (Å²) in [5, 5.41) is 15.8. The molecular weight excluding hydrogens is 557 g/mol. The fraction of sp³-hybridized carbons (Fsp3) is 0.107. The molecule has 40 heavy (non-hydrogen) atoms. The Balaban J connectivity index is 1.59. The Bertz CT molecular complexity index is 1750. The lowest BCUT2D eigenvalue weighted by Gasteiger charge is -2.12. The third-order valence-electron chi connectivity index (χ3n) is 6.19. The van der Waals surface area contributed by atoms with Crippen LogP contribution in [0.25, 0.3) is 22.2 Å². The van der Waals surface area contributed by atoms with E-state index in [1.54, 1.807) is 12.1 Å². The van der Waals surface area contributed by atoms with Crippen molar-refractivity contribution in [3.05, 3.63) is 122 Å². The van der Waals surface area contributed by atoms with Crippen molar-refractivity contribution in [1.29, 1.82) is 0 Å². The Morgan fingerprint density at radius 1 is 0.950 bits per heavy atom. The van der Waals surface area contributed by atoms with Crippen LogP contribution >= 0.6 is 11.6 Å². The number of halogens is 6. The Morgan fingerprint density at radius 3 is 2.42 bits per heavy atom. The van der Waals surface area contributed by atoms with Crippen molar-refractivity contribution < 1.29 is 31.6 Å². The molecule has 0 spiro atoms. The molecule has 0 atom stereocenters. The van der Waals surface area contributed by atoms with Crippen molar-refractivity contribution in [2.24, 2.45) is 0 Å². The molecule has 0 saturated carbocycles. The minimum atomic E-state index is -4.69. The minimum Gasteiger partial charge on any atom is -0.489 e. The van der Waals surface area contributed by atoms with E-state index in [2.05, 4.69) is 5.10 Å². The van der Waals surface area contributed by atoms with Gasteiger partial charge in [0.2, 0.25) is 0 Å². The summed E-state index contributed by atoms with van der Waals surface area (Å²) >= 11 is 5.85. The van der Waals surface area contributed by atoms with Crippen LogP contribution in [0.4, 0.5) is 27.6 Å². The van der Waals surface area contributed by atoms with E-state index in [0.29, 0.717) is 5.56 Å². The smallest absolute Gasteiger partial charge is 0.418 e. The van der Waals surface area contributed by atoms with Crippen LogP contribution < -0.4 is 4.74 Å². The highest BCUT2D eigenvalue weighted by molar-refractivity contribution is 6.30. The zero-order valence-corrected chi connectivity index (χ0v) is 21.0. The summed E-state index contributed by atoms with van der Waals surface area (Å²) in [5.41, 5.74) is -1.24. The molecule has 0 bridgehead atoms. The average Bonchev–Trinajstić information content (AvgIpc) is 3.27. The van der Waals surface area contributed by atoms with E-state index in [1.807, 2.05) is 0 Å². The Hall–Kier alpha value is -4.51. The van der Waals surface area contributed by atoms with E-state index in [9.17, 15) is 32.1 Å². The maximum absolute atomic E-state index is 14.6. The number of rotatable bonds is 7. The van der Waals surface area contributed by atoms with Crippen LogP contribution in [0.15, 0.2) is 78.9 Å². The first kappa shape index (κ1) is 27.1. The van der Waals surface area contributed by atoms with Crippen molar-refractivity contribution in [3.8, 4) is 17.0 Å². The highest BCUT2D eigenvalue weighted by Gasteiger charge is 2.34. The quantitative estimate of drug-likeness (QED) is 0.112. The number of ether oxygens (including phenoxy) is 1. The van der Waals surface area contributed by atoms with Crippen molar-refractivity contribution in [2.45, 2.75) is 19.3 Å². The van der Waals surface area contributed by atoms with E-state index in [4.69, 9.17) is 16.3 Å².